The molecule has 1 atom stereocenters. The lowest BCUT2D eigenvalue weighted by Gasteiger charge is -2.25. The average molecular weight is 449 g/mol. The van der Waals surface area contributed by atoms with Crippen LogP contribution in [0, 0.1) is 6.92 Å². The lowest BCUT2D eigenvalue weighted by atomic mass is 9.82. The maximum absolute atomic E-state index is 12.4. The summed E-state index contributed by atoms with van der Waals surface area (Å²) in [5.41, 5.74) is 14.1. The minimum atomic E-state index is -0.423. The third kappa shape index (κ3) is 5.26. The maximum atomic E-state index is 12.4. The fraction of sp³-hybridized carbons (Fsp3) is 0.483. The molecular formula is C29H40N2O2. The number of ether oxygens (including phenoxy) is 1. The van der Waals surface area contributed by atoms with Crippen molar-refractivity contribution >= 4 is 11.6 Å². The van der Waals surface area contributed by atoms with Gasteiger partial charge in [0.05, 0.1) is 17.9 Å². The minimum absolute atomic E-state index is 0.231. The molecule has 1 aliphatic heterocycles. The monoisotopic (exact) mass is 448 g/mol. The van der Waals surface area contributed by atoms with Gasteiger partial charge in [-0.15, -0.1) is 0 Å². The zero-order valence-corrected chi connectivity index (χ0v) is 21.0. The molecular weight excluding hydrogens is 408 g/mol. The highest BCUT2D eigenvalue weighted by atomic mass is 16.5. The summed E-state index contributed by atoms with van der Waals surface area (Å²) in [7, 11) is 0. The molecule has 0 radical (unpaired) electrons. The van der Waals surface area contributed by atoms with Crippen molar-refractivity contribution < 1.29 is 9.53 Å². The van der Waals surface area contributed by atoms with Gasteiger partial charge in [0.1, 0.15) is 5.75 Å². The summed E-state index contributed by atoms with van der Waals surface area (Å²) in [6, 6.07) is 6.68. The number of carbonyl (C=O) groups is 1. The largest absolute Gasteiger partial charge is 0.493 e. The lowest BCUT2D eigenvalue weighted by Crippen LogP contribution is -2.17. The van der Waals surface area contributed by atoms with Gasteiger partial charge in [0.25, 0.3) is 5.91 Å². The number of fused-ring (bicyclic) bond motifs is 1. The number of hydrogen-bond acceptors (Lipinski definition) is 3. The first-order chi connectivity index (χ1) is 15.8. The molecule has 0 saturated heterocycles. The summed E-state index contributed by atoms with van der Waals surface area (Å²) < 4.78 is 6.35. The van der Waals surface area contributed by atoms with Crippen LogP contribution in [0.2, 0.25) is 0 Å². The predicted octanol–water partition coefficient (Wildman–Crippen LogP) is 7.45. The van der Waals surface area contributed by atoms with Crippen LogP contribution in [0.3, 0.4) is 0 Å². The van der Waals surface area contributed by atoms with Crippen molar-refractivity contribution in [1.82, 2.24) is 0 Å². The van der Waals surface area contributed by atoms with Crippen molar-refractivity contribution in [2.24, 2.45) is 5.73 Å². The molecule has 1 amide bonds. The van der Waals surface area contributed by atoms with Crippen molar-refractivity contribution in [2.45, 2.75) is 85.0 Å². The quantitative estimate of drug-likeness (QED) is 0.462. The molecule has 1 unspecified atom stereocenters. The highest BCUT2D eigenvalue weighted by Gasteiger charge is 2.25. The summed E-state index contributed by atoms with van der Waals surface area (Å²) >= 11 is 0. The summed E-state index contributed by atoms with van der Waals surface area (Å²) in [4.78, 5) is 12.4. The summed E-state index contributed by atoms with van der Waals surface area (Å²) in [5.74, 6) is 1.22. The van der Waals surface area contributed by atoms with Gasteiger partial charge in [0, 0.05) is 0 Å². The normalized spacial score (nSPS) is 15.0. The van der Waals surface area contributed by atoms with E-state index < -0.39 is 5.91 Å². The third-order valence-electron chi connectivity index (χ3n) is 6.92. The van der Waals surface area contributed by atoms with Gasteiger partial charge in [-0.05, 0) is 90.1 Å². The van der Waals surface area contributed by atoms with Gasteiger partial charge in [-0.3, -0.25) is 4.79 Å². The van der Waals surface area contributed by atoms with Crippen LogP contribution in [0.15, 0.2) is 31.0 Å². The fourth-order valence-corrected chi connectivity index (χ4v) is 5.03. The molecule has 0 saturated carbocycles. The van der Waals surface area contributed by atoms with E-state index in [4.69, 9.17) is 10.5 Å². The van der Waals surface area contributed by atoms with Crippen LogP contribution < -0.4 is 15.8 Å². The van der Waals surface area contributed by atoms with Gasteiger partial charge in [-0.25, -0.2) is 0 Å². The Morgan fingerprint density at radius 2 is 1.91 bits per heavy atom. The van der Waals surface area contributed by atoms with Crippen LogP contribution in [-0.4, -0.2) is 12.5 Å². The van der Waals surface area contributed by atoms with E-state index in [0.29, 0.717) is 11.5 Å². The van der Waals surface area contributed by atoms with Crippen molar-refractivity contribution in [2.75, 3.05) is 11.9 Å². The molecule has 0 aliphatic carbocycles. The van der Waals surface area contributed by atoms with Gasteiger partial charge in [0.15, 0.2) is 0 Å². The summed E-state index contributed by atoms with van der Waals surface area (Å²) in [6.45, 7) is 15.5. The van der Waals surface area contributed by atoms with Crippen LogP contribution in [0.1, 0.15) is 104 Å². The fourth-order valence-electron chi connectivity index (χ4n) is 5.03. The lowest BCUT2D eigenvalue weighted by molar-refractivity contribution is 0.100. The molecule has 2 aromatic carbocycles. The zero-order chi connectivity index (χ0) is 24.1. The highest BCUT2D eigenvalue weighted by molar-refractivity contribution is 6.02. The second kappa shape index (κ2) is 10.9. The molecule has 2 aromatic rings. The van der Waals surface area contributed by atoms with Gasteiger partial charge < -0.3 is 15.8 Å². The Hall–Kier alpha value is -2.75. The van der Waals surface area contributed by atoms with Crippen molar-refractivity contribution in [1.29, 1.82) is 0 Å². The zero-order valence-electron chi connectivity index (χ0n) is 21.0. The molecule has 3 rings (SSSR count). The number of nitrogens with two attached hydrogens (primary N) is 1. The van der Waals surface area contributed by atoms with E-state index in [-0.39, 0.29) is 5.92 Å². The van der Waals surface area contributed by atoms with Gasteiger partial charge in [-0.1, -0.05) is 59.2 Å². The number of nitrogens with one attached hydrogen (secondary N) is 1. The number of amides is 1. The van der Waals surface area contributed by atoms with Crippen LogP contribution in [0.5, 0.6) is 5.75 Å². The molecule has 0 fully saturated rings. The average Bonchev–Trinajstić information content (AvgIpc) is 2.89. The Morgan fingerprint density at radius 1 is 1.18 bits per heavy atom. The molecule has 4 nitrogen and oxygen atoms in total. The van der Waals surface area contributed by atoms with Crippen molar-refractivity contribution in [3.8, 4) is 16.9 Å². The second-order valence-corrected chi connectivity index (χ2v) is 9.64. The standard InChI is InChI=1S/C29H40N2O2/c1-7-19(5)26-24(15-20(6)27(29(30)32)28(26)31-8-2)21-16-23(18(3)4)22-13-11-9-10-12-14-33-25(22)17-21/h8,15-19,31H,2,7,9-14H2,1,3-6H3,(H2,30,32). The SMILES string of the molecule is C=CNc1c(C(N)=O)c(C)cc(-c2cc3c(c(C(C)C)c2)CCCCCCO3)c1C(C)CC. The van der Waals surface area contributed by atoms with E-state index in [9.17, 15) is 4.79 Å². The second-order valence-electron chi connectivity index (χ2n) is 9.64. The number of primary amides is 1. The van der Waals surface area contributed by atoms with E-state index in [1.54, 1.807) is 6.20 Å². The number of benzene rings is 2. The number of hydrogen-bond donors (Lipinski definition) is 2. The van der Waals surface area contributed by atoms with E-state index in [1.165, 1.54) is 30.4 Å². The first kappa shape index (κ1) is 24.9. The molecule has 4 heteroatoms. The highest BCUT2D eigenvalue weighted by Crippen LogP contribution is 2.43. The molecule has 0 spiro atoms. The molecule has 178 valence electrons. The number of aryl methyl sites for hydroxylation is 1. The molecule has 33 heavy (non-hydrogen) atoms. The van der Waals surface area contributed by atoms with E-state index in [2.05, 4.69) is 57.8 Å². The Kier molecular flexibility index (Phi) is 8.23. The van der Waals surface area contributed by atoms with Crippen LogP contribution >= 0.6 is 0 Å². The van der Waals surface area contributed by atoms with E-state index >= 15 is 0 Å². The number of carbonyl (C=O) groups excluding carboxylic acids is 1. The van der Waals surface area contributed by atoms with Crippen molar-refractivity contribution in [3.05, 3.63) is 58.8 Å². The van der Waals surface area contributed by atoms with E-state index in [0.717, 1.165) is 59.6 Å². The third-order valence-corrected chi connectivity index (χ3v) is 6.92. The van der Waals surface area contributed by atoms with Crippen molar-refractivity contribution in [3.63, 3.8) is 0 Å². The van der Waals surface area contributed by atoms with Gasteiger partial charge in [0.2, 0.25) is 0 Å². The molecule has 0 bridgehead atoms. The Labute approximate surface area is 199 Å². The van der Waals surface area contributed by atoms with Crippen LogP contribution in [0.4, 0.5) is 5.69 Å². The van der Waals surface area contributed by atoms with E-state index in [1.807, 2.05) is 6.92 Å². The molecule has 1 aliphatic rings. The Bertz CT molecular complexity index is 1020. The molecule has 0 aromatic heterocycles. The summed E-state index contributed by atoms with van der Waals surface area (Å²) in [6.07, 6.45) is 8.41. The number of rotatable bonds is 7. The minimum Gasteiger partial charge on any atom is -0.493 e. The first-order valence-electron chi connectivity index (χ1n) is 12.4. The van der Waals surface area contributed by atoms with Gasteiger partial charge in [-0.2, -0.15) is 0 Å². The maximum Gasteiger partial charge on any atom is 0.251 e. The number of anilines is 1. The van der Waals surface area contributed by atoms with Crippen LogP contribution in [-0.2, 0) is 6.42 Å². The first-order valence-corrected chi connectivity index (χ1v) is 12.4. The summed E-state index contributed by atoms with van der Waals surface area (Å²) in [5, 5.41) is 3.25. The smallest absolute Gasteiger partial charge is 0.251 e. The molecule has 1 heterocycles. The van der Waals surface area contributed by atoms with Gasteiger partial charge >= 0.3 is 0 Å². The topological polar surface area (TPSA) is 64.3 Å². The molecule has 3 N–H and O–H groups in total. The Balaban J connectivity index is 2.34. The van der Waals surface area contributed by atoms with Crippen LogP contribution in [0.25, 0.3) is 11.1 Å². The predicted molar refractivity (Wildman–Crippen MR) is 139 cm³/mol. The Morgan fingerprint density at radius 3 is 2.55 bits per heavy atom.